The lowest BCUT2D eigenvalue weighted by Crippen LogP contribution is -2.38. The molecule has 35 heavy (non-hydrogen) atoms. The number of nitrogens with one attached hydrogen (secondary N) is 1. The number of benzene rings is 1. The molecule has 0 radical (unpaired) electrons. The van der Waals surface area contributed by atoms with Gasteiger partial charge < -0.3 is 21.7 Å². The van der Waals surface area contributed by atoms with Crippen LogP contribution in [0, 0.1) is 5.92 Å². The second kappa shape index (κ2) is 10.4. The topological polar surface area (TPSA) is 93.1 Å². The second-order valence-corrected chi connectivity index (χ2v) is 10.9. The summed E-state index contributed by atoms with van der Waals surface area (Å²) in [6.45, 7) is 17.5. The van der Waals surface area contributed by atoms with Gasteiger partial charge in [0.15, 0.2) is 5.13 Å². The summed E-state index contributed by atoms with van der Waals surface area (Å²) >= 11 is 1.62. The highest BCUT2D eigenvalue weighted by atomic mass is 32.1. The predicted molar refractivity (Wildman–Crippen MR) is 149 cm³/mol. The van der Waals surface area contributed by atoms with Crippen LogP contribution in [0.15, 0.2) is 54.2 Å². The molecule has 1 aliphatic rings. The summed E-state index contributed by atoms with van der Waals surface area (Å²) in [6, 6.07) is 9.16. The number of rotatable bonds is 9. The summed E-state index contributed by atoms with van der Waals surface area (Å²) in [5, 5.41) is 7.61. The number of thiazole rings is 1. The molecule has 3 aromatic rings. The highest BCUT2D eigenvalue weighted by Crippen LogP contribution is 2.35. The van der Waals surface area contributed by atoms with Crippen molar-refractivity contribution in [1.29, 1.82) is 0 Å². The number of pyridine rings is 1. The number of nitrogens with two attached hydrogens (primary N) is 2. The quantitative estimate of drug-likeness (QED) is 0.376. The van der Waals surface area contributed by atoms with Crippen molar-refractivity contribution >= 4 is 27.4 Å². The van der Waals surface area contributed by atoms with Crippen LogP contribution < -0.4 is 16.8 Å². The maximum Gasteiger partial charge on any atom is 0.183 e. The smallest absolute Gasteiger partial charge is 0.183 e. The highest BCUT2D eigenvalue weighted by molar-refractivity contribution is 7.14. The van der Waals surface area contributed by atoms with Crippen molar-refractivity contribution in [2.24, 2.45) is 17.4 Å². The predicted octanol–water partition coefficient (Wildman–Crippen LogP) is 5.31. The van der Waals surface area contributed by atoms with E-state index in [0.29, 0.717) is 17.7 Å². The Morgan fingerprint density at radius 1 is 1.20 bits per heavy atom. The Balaban J connectivity index is 1.70. The summed E-state index contributed by atoms with van der Waals surface area (Å²) < 4.78 is 0. The molecule has 0 aliphatic carbocycles. The largest absolute Gasteiger partial charge is 0.401 e. The zero-order chi connectivity index (χ0) is 25.3. The lowest BCUT2D eigenvalue weighted by molar-refractivity contribution is 0.328. The molecule has 186 valence electrons. The molecule has 0 bridgehead atoms. The van der Waals surface area contributed by atoms with Gasteiger partial charge in [-0.1, -0.05) is 32.2 Å². The molecule has 2 aromatic heterocycles. The van der Waals surface area contributed by atoms with Crippen LogP contribution in [-0.2, 0) is 12.8 Å². The number of aryl methyl sites for hydroxylation is 1. The maximum absolute atomic E-state index is 6.20. The number of aromatic nitrogens is 2. The number of hydrogen-bond acceptors (Lipinski definition) is 7. The van der Waals surface area contributed by atoms with E-state index in [1.54, 1.807) is 11.3 Å². The third-order valence-electron chi connectivity index (χ3n) is 6.77. The molecular formula is C28H38N6S. The molecule has 0 amide bonds. The van der Waals surface area contributed by atoms with Crippen molar-refractivity contribution in [3.8, 4) is 11.4 Å². The second-order valence-electron chi connectivity index (χ2n) is 10.0. The molecule has 1 aromatic carbocycles. The molecule has 0 spiro atoms. The van der Waals surface area contributed by atoms with Gasteiger partial charge in [-0.05, 0) is 69.2 Å². The van der Waals surface area contributed by atoms with Crippen LogP contribution in [0.3, 0.4) is 0 Å². The Morgan fingerprint density at radius 3 is 2.63 bits per heavy atom. The van der Waals surface area contributed by atoms with Crippen LogP contribution in [0.1, 0.15) is 45.2 Å². The molecule has 1 saturated heterocycles. The SMILES string of the molecule is C=C(N)[C@@H]1C[C@@H](Cc2cc(-c3csc(NC(C)C)n3)nc3cc(CC)ccc23)CN1C(=C)C(C)N. The van der Waals surface area contributed by atoms with Crippen LogP contribution >= 0.6 is 11.3 Å². The van der Waals surface area contributed by atoms with Gasteiger partial charge in [0.2, 0.25) is 0 Å². The normalized spacial score (nSPS) is 18.9. The van der Waals surface area contributed by atoms with Crippen molar-refractivity contribution in [2.45, 2.75) is 65.1 Å². The third-order valence-corrected chi connectivity index (χ3v) is 7.54. The average Bonchev–Trinajstić information content (AvgIpc) is 3.44. The summed E-state index contributed by atoms with van der Waals surface area (Å²) in [5.41, 5.74) is 19.4. The Morgan fingerprint density at radius 2 is 1.97 bits per heavy atom. The molecule has 3 atom stereocenters. The van der Waals surface area contributed by atoms with Crippen molar-refractivity contribution in [3.05, 3.63) is 65.3 Å². The van der Waals surface area contributed by atoms with Crippen molar-refractivity contribution < 1.29 is 0 Å². The molecule has 0 saturated carbocycles. The lowest BCUT2D eigenvalue weighted by atomic mass is 9.93. The minimum atomic E-state index is -0.116. The van der Waals surface area contributed by atoms with Gasteiger partial charge >= 0.3 is 0 Å². The van der Waals surface area contributed by atoms with Crippen molar-refractivity contribution in [3.63, 3.8) is 0 Å². The standard InChI is InChI=1S/C28H38N6S/c1-7-20-8-9-23-22(10-21-12-27(18(5)30)34(14-21)19(6)17(4)29)13-25(32-24(23)11-20)26-15-35-28(33-26)31-16(2)3/h8-9,11,13,15-17,21,27H,5-7,10,12,14,29-30H2,1-4H3,(H,31,33)/t17?,21-,27+/m1/s1. The molecule has 5 N–H and O–H groups in total. The molecule has 1 aliphatic heterocycles. The monoisotopic (exact) mass is 490 g/mol. The third kappa shape index (κ3) is 5.52. The van der Waals surface area contributed by atoms with Gasteiger partial charge in [0.05, 0.1) is 17.3 Å². The Kier molecular flexibility index (Phi) is 7.47. The molecule has 1 unspecified atom stereocenters. The van der Waals surface area contributed by atoms with Gasteiger partial charge in [0, 0.05) is 40.8 Å². The van der Waals surface area contributed by atoms with E-state index in [9.17, 15) is 0 Å². The number of anilines is 1. The van der Waals surface area contributed by atoms with Gasteiger partial charge in [-0.15, -0.1) is 11.3 Å². The first-order chi connectivity index (χ1) is 16.7. The summed E-state index contributed by atoms with van der Waals surface area (Å²) in [6.07, 6.45) is 2.84. The van der Waals surface area contributed by atoms with Gasteiger partial charge in [-0.25, -0.2) is 9.97 Å². The van der Waals surface area contributed by atoms with E-state index in [1.807, 2.05) is 6.92 Å². The van der Waals surface area contributed by atoms with Gasteiger partial charge in [-0.3, -0.25) is 0 Å². The Bertz CT molecular complexity index is 1230. The molecular weight excluding hydrogens is 452 g/mol. The fraction of sp³-hybridized carbons (Fsp3) is 0.429. The number of hydrogen-bond donors (Lipinski definition) is 3. The first-order valence-corrected chi connectivity index (χ1v) is 13.3. The average molecular weight is 491 g/mol. The lowest BCUT2D eigenvalue weighted by Gasteiger charge is -2.30. The van der Waals surface area contributed by atoms with E-state index in [0.717, 1.165) is 53.5 Å². The van der Waals surface area contributed by atoms with Gasteiger partial charge in [-0.2, -0.15) is 0 Å². The van der Waals surface area contributed by atoms with Gasteiger partial charge in [0.25, 0.3) is 0 Å². The summed E-state index contributed by atoms with van der Waals surface area (Å²) in [4.78, 5) is 12.1. The molecule has 4 rings (SSSR count). The summed E-state index contributed by atoms with van der Waals surface area (Å²) in [5.74, 6) is 0.411. The Hall–Kier alpha value is -2.90. The number of nitrogens with zero attached hydrogens (tertiary/aromatic N) is 3. The van der Waals surface area contributed by atoms with E-state index in [4.69, 9.17) is 21.4 Å². The molecule has 1 fully saturated rings. The highest BCUT2D eigenvalue weighted by Gasteiger charge is 2.34. The Labute approximate surface area is 213 Å². The van der Waals surface area contributed by atoms with Crippen LogP contribution in [0.2, 0.25) is 0 Å². The fourth-order valence-electron chi connectivity index (χ4n) is 4.88. The van der Waals surface area contributed by atoms with Crippen LogP contribution in [-0.4, -0.2) is 39.5 Å². The minimum absolute atomic E-state index is 0.0703. The zero-order valence-corrected chi connectivity index (χ0v) is 22.2. The zero-order valence-electron chi connectivity index (χ0n) is 21.3. The first-order valence-electron chi connectivity index (χ1n) is 12.5. The fourth-order valence-corrected chi connectivity index (χ4v) is 5.73. The molecule has 7 heteroatoms. The van der Waals surface area contributed by atoms with E-state index >= 15 is 0 Å². The summed E-state index contributed by atoms with van der Waals surface area (Å²) in [7, 11) is 0. The molecule has 6 nitrogen and oxygen atoms in total. The first kappa shape index (κ1) is 25.2. The van der Waals surface area contributed by atoms with Gasteiger partial charge in [0.1, 0.15) is 5.69 Å². The van der Waals surface area contributed by atoms with Crippen LogP contribution in [0.25, 0.3) is 22.3 Å². The number of likely N-dealkylation sites (tertiary alicyclic amines) is 1. The van der Waals surface area contributed by atoms with E-state index < -0.39 is 0 Å². The van der Waals surface area contributed by atoms with E-state index in [-0.39, 0.29) is 12.1 Å². The van der Waals surface area contributed by atoms with Crippen molar-refractivity contribution in [2.75, 3.05) is 11.9 Å². The minimum Gasteiger partial charge on any atom is -0.401 e. The number of fused-ring (bicyclic) bond motifs is 1. The van der Waals surface area contributed by atoms with E-state index in [2.05, 4.69) is 73.8 Å². The molecule has 3 heterocycles. The van der Waals surface area contributed by atoms with E-state index in [1.165, 1.54) is 16.5 Å². The van der Waals surface area contributed by atoms with Crippen LogP contribution in [0.4, 0.5) is 5.13 Å². The maximum atomic E-state index is 6.20. The van der Waals surface area contributed by atoms with Crippen LogP contribution in [0.5, 0.6) is 0 Å². The van der Waals surface area contributed by atoms with Crippen molar-refractivity contribution in [1.82, 2.24) is 14.9 Å².